The van der Waals surface area contributed by atoms with Crippen LogP contribution in [0.4, 0.5) is 4.39 Å². The molecule has 1 saturated heterocycles. The highest BCUT2D eigenvalue weighted by atomic mass is 19.1. The molecule has 1 aromatic carbocycles. The number of carbonyl (C=O) groups is 1. The van der Waals surface area contributed by atoms with Crippen LogP contribution in [-0.4, -0.2) is 29.9 Å². The van der Waals surface area contributed by atoms with Gasteiger partial charge in [0.1, 0.15) is 5.82 Å². The third kappa shape index (κ3) is 4.21. The lowest BCUT2D eigenvalue weighted by molar-refractivity contribution is -0.125. The minimum Gasteiger partial charge on any atom is -0.339 e. The SMILES string of the molecule is C/C(=C\C(=O)N1CCC(c2ccc(F)cc2)C1)C1=CCC(N=O)CC1. The summed E-state index contributed by atoms with van der Waals surface area (Å²) in [7, 11) is 0. The number of allylic oxidation sites excluding steroid dienone is 2. The zero-order valence-corrected chi connectivity index (χ0v) is 14.5. The largest absolute Gasteiger partial charge is 0.339 e. The smallest absolute Gasteiger partial charge is 0.246 e. The van der Waals surface area contributed by atoms with Gasteiger partial charge in [-0.3, -0.25) is 4.79 Å². The molecule has 0 bridgehead atoms. The van der Waals surface area contributed by atoms with Crippen molar-refractivity contribution in [3.05, 3.63) is 63.9 Å². The Morgan fingerprint density at radius 3 is 2.68 bits per heavy atom. The fourth-order valence-corrected chi connectivity index (χ4v) is 3.61. The number of nitroso groups, excluding NO2 is 1. The van der Waals surface area contributed by atoms with Crippen LogP contribution in [0.2, 0.25) is 0 Å². The van der Waals surface area contributed by atoms with Crippen molar-refractivity contribution in [2.24, 2.45) is 5.18 Å². The number of carbonyl (C=O) groups excluding carboxylic acids is 1. The molecule has 1 aromatic rings. The Morgan fingerprint density at radius 2 is 2.04 bits per heavy atom. The fraction of sp³-hybridized carbons (Fsp3) is 0.450. The van der Waals surface area contributed by atoms with Crippen molar-refractivity contribution in [3.63, 3.8) is 0 Å². The van der Waals surface area contributed by atoms with E-state index >= 15 is 0 Å². The number of hydrogen-bond donors (Lipinski definition) is 0. The first-order valence-electron chi connectivity index (χ1n) is 8.81. The topological polar surface area (TPSA) is 49.7 Å². The lowest BCUT2D eigenvalue weighted by Gasteiger charge is -2.19. The molecule has 4 nitrogen and oxygen atoms in total. The van der Waals surface area contributed by atoms with Crippen molar-refractivity contribution in [3.8, 4) is 0 Å². The number of amides is 1. The summed E-state index contributed by atoms with van der Waals surface area (Å²) in [6, 6.07) is 6.43. The number of hydrogen-bond acceptors (Lipinski definition) is 3. The number of halogens is 1. The number of rotatable bonds is 4. The van der Waals surface area contributed by atoms with Gasteiger partial charge in [0.15, 0.2) is 0 Å². The number of nitrogens with zero attached hydrogens (tertiary/aromatic N) is 2. The van der Waals surface area contributed by atoms with E-state index in [4.69, 9.17) is 0 Å². The molecule has 3 rings (SSSR count). The normalized spacial score (nSPS) is 24.2. The molecule has 1 heterocycles. The molecular weight excluding hydrogens is 319 g/mol. The van der Waals surface area contributed by atoms with Crippen molar-refractivity contribution >= 4 is 5.91 Å². The van der Waals surface area contributed by atoms with Gasteiger partial charge in [-0.2, -0.15) is 4.91 Å². The molecule has 5 heteroatoms. The standard InChI is InChI=1S/C20H23FN2O2/c1-14(15-4-8-19(22-25)9-5-15)12-20(24)23-11-10-17(13-23)16-2-6-18(21)7-3-16/h2-4,6-7,12,17,19H,5,8-11,13H2,1H3/b14-12+. The van der Waals surface area contributed by atoms with Crippen LogP contribution >= 0.6 is 0 Å². The summed E-state index contributed by atoms with van der Waals surface area (Å²) in [5.41, 5.74) is 3.20. The lowest BCUT2D eigenvalue weighted by atomic mass is 9.91. The molecule has 2 atom stereocenters. The lowest BCUT2D eigenvalue weighted by Crippen LogP contribution is -2.27. The first-order valence-corrected chi connectivity index (χ1v) is 8.81. The molecule has 0 radical (unpaired) electrons. The van der Waals surface area contributed by atoms with Crippen LogP contribution in [0.25, 0.3) is 0 Å². The van der Waals surface area contributed by atoms with E-state index in [1.165, 1.54) is 12.1 Å². The van der Waals surface area contributed by atoms with E-state index in [0.29, 0.717) is 13.0 Å². The molecule has 25 heavy (non-hydrogen) atoms. The molecular formula is C20H23FN2O2. The summed E-state index contributed by atoms with van der Waals surface area (Å²) in [6.45, 7) is 3.34. The predicted molar refractivity (Wildman–Crippen MR) is 95.6 cm³/mol. The second kappa shape index (κ2) is 7.72. The van der Waals surface area contributed by atoms with E-state index < -0.39 is 0 Å². The van der Waals surface area contributed by atoms with E-state index in [1.807, 2.05) is 17.9 Å². The Kier molecular flexibility index (Phi) is 5.41. The average molecular weight is 342 g/mol. The van der Waals surface area contributed by atoms with Crippen LogP contribution in [0.5, 0.6) is 0 Å². The summed E-state index contributed by atoms with van der Waals surface area (Å²) in [4.78, 5) is 25.0. The Bertz CT molecular complexity index is 709. The molecule has 1 amide bonds. The number of likely N-dealkylation sites (tertiary alicyclic amines) is 1. The third-order valence-electron chi connectivity index (χ3n) is 5.22. The Hall–Kier alpha value is -2.30. The molecule has 132 valence electrons. The van der Waals surface area contributed by atoms with Crippen LogP contribution in [0.3, 0.4) is 0 Å². The highest BCUT2D eigenvalue weighted by Gasteiger charge is 2.26. The highest BCUT2D eigenvalue weighted by Crippen LogP contribution is 2.29. The molecule has 1 fully saturated rings. The van der Waals surface area contributed by atoms with Gasteiger partial charge in [0, 0.05) is 25.1 Å². The summed E-state index contributed by atoms with van der Waals surface area (Å²) in [6.07, 6.45) is 6.84. The minimum absolute atomic E-state index is 0.0265. The monoisotopic (exact) mass is 342 g/mol. The first-order chi connectivity index (χ1) is 12.1. The van der Waals surface area contributed by atoms with Gasteiger partial charge in [0.25, 0.3) is 0 Å². The van der Waals surface area contributed by atoms with E-state index in [9.17, 15) is 14.1 Å². The van der Waals surface area contributed by atoms with Gasteiger partial charge in [-0.15, -0.1) is 0 Å². The van der Waals surface area contributed by atoms with E-state index in [0.717, 1.165) is 42.5 Å². The molecule has 0 spiro atoms. The van der Waals surface area contributed by atoms with E-state index in [-0.39, 0.29) is 23.7 Å². The van der Waals surface area contributed by atoms with Crippen LogP contribution in [-0.2, 0) is 4.79 Å². The molecule has 0 saturated carbocycles. The van der Waals surface area contributed by atoms with Gasteiger partial charge in [-0.05, 0) is 61.4 Å². The van der Waals surface area contributed by atoms with Gasteiger partial charge in [0.2, 0.25) is 5.91 Å². The van der Waals surface area contributed by atoms with Crippen LogP contribution < -0.4 is 0 Å². The maximum atomic E-state index is 13.0. The van der Waals surface area contributed by atoms with Crippen molar-refractivity contribution < 1.29 is 9.18 Å². The summed E-state index contributed by atoms with van der Waals surface area (Å²) >= 11 is 0. The number of benzene rings is 1. The molecule has 2 unspecified atom stereocenters. The van der Waals surface area contributed by atoms with E-state index in [2.05, 4.69) is 5.18 Å². The van der Waals surface area contributed by atoms with Gasteiger partial charge in [-0.25, -0.2) is 4.39 Å². The third-order valence-corrected chi connectivity index (χ3v) is 5.22. The second-order valence-corrected chi connectivity index (χ2v) is 6.91. The maximum absolute atomic E-state index is 13.0. The van der Waals surface area contributed by atoms with Crippen LogP contribution in [0.15, 0.2) is 52.7 Å². The summed E-state index contributed by atoms with van der Waals surface area (Å²) in [5.74, 6) is 0.0613. The van der Waals surface area contributed by atoms with Crippen LogP contribution in [0.1, 0.15) is 44.1 Å². The van der Waals surface area contributed by atoms with Crippen molar-refractivity contribution in [2.75, 3.05) is 13.1 Å². The minimum atomic E-state index is -0.235. The van der Waals surface area contributed by atoms with Gasteiger partial charge >= 0.3 is 0 Å². The van der Waals surface area contributed by atoms with Crippen molar-refractivity contribution in [1.29, 1.82) is 0 Å². The predicted octanol–water partition coefficient (Wildman–Crippen LogP) is 4.33. The molecule has 2 aliphatic rings. The molecule has 1 aliphatic heterocycles. The van der Waals surface area contributed by atoms with Gasteiger partial charge in [-0.1, -0.05) is 23.4 Å². The maximum Gasteiger partial charge on any atom is 0.246 e. The molecule has 0 aromatic heterocycles. The van der Waals surface area contributed by atoms with Gasteiger partial charge < -0.3 is 4.90 Å². The zero-order chi connectivity index (χ0) is 17.8. The first kappa shape index (κ1) is 17.5. The Balaban J connectivity index is 1.61. The van der Waals surface area contributed by atoms with Crippen molar-refractivity contribution in [1.82, 2.24) is 4.90 Å². The summed E-state index contributed by atoms with van der Waals surface area (Å²) < 4.78 is 13.0. The van der Waals surface area contributed by atoms with Crippen molar-refractivity contribution in [2.45, 2.75) is 44.6 Å². The van der Waals surface area contributed by atoms with Gasteiger partial charge in [0.05, 0.1) is 6.04 Å². The Morgan fingerprint density at radius 1 is 1.28 bits per heavy atom. The zero-order valence-electron chi connectivity index (χ0n) is 14.5. The quantitative estimate of drug-likeness (QED) is 0.604. The average Bonchev–Trinajstić information content (AvgIpc) is 3.12. The fourth-order valence-electron chi connectivity index (χ4n) is 3.61. The molecule has 1 aliphatic carbocycles. The molecule has 0 N–H and O–H groups in total. The second-order valence-electron chi connectivity index (χ2n) is 6.91. The highest BCUT2D eigenvalue weighted by molar-refractivity contribution is 5.89. The van der Waals surface area contributed by atoms with E-state index in [1.54, 1.807) is 18.2 Å². The van der Waals surface area contributed by atoms with Crippen LogP contribution in [0, 0.1) is 10.7 Å². The Labute approximate surface area is 147 Å². The summed E-state index contributed by atoms with van der Waals surface area (Å²) in [5, 5.41) is 3.10.